The van der Waals surface area contributed by atoms with Gasteiger partial charge in [0.05, 0.1) is 0 Å². The molecule has 0 unspecified atom stereocenters. The van der Waals surface area contributed by atoms with Gasteiger partial charge in [-0.25, -0.2) is 0 Å². The van der Waals surface area contributed by atoms with Gasteiger partial charge in [-0.05, 0) is 6.42 Å². The monoisotopic (exact) mass is 342 g/mol. The van der Waals surface area contributed by atoms with Crippen LogP contribution in [0.25, 0.3) is 0 Å². The van der Waals surface area contributed by atoms with Crippen LogP contribution in [0, 0.1) is 0 Å². The number of hydrogen-bond acceptors (Lipinski definition) is 5. The Morgan fingerprint density at radius 2 is 1.18 bits per heavy atom. The Morgan fingerprint density at radius 1 is 0.882 bits per heavy atom. The van der Waals surface area contributed by atoms with Crippen molar-refractivity contribution >= 4 is 7.82 Å². The van der Waals surface area contributed by atoms with Crippen LogP contribution in [-0.2, 0) is 4.57 Å². The van der Waals surface area contributed by atoms with Crippen LogP contribution in [0.5, 0.6) is 0 Å². The van der Waals surface area contributed by atoms with Crippen LogP contribution in [0.4, 0.5) is 0 Å². The van der Waals surface area contributed by atoms with Crippen LogP contribution in [0.3, 0.4) is 0 Å². The van der Waals surface area contributed by atoms with Crippen LogP contribution in [0.15, 0.2) is 0 Å². The molecule has 88 valence electrons. The molecule has 0 aromatic rings. The predicted molar refractivity (Wildman–Crippen MR) is 48.1 cm³/mol. The van der Waals surface area contributed by atoms with Crippen LogP contribution < -0.4 is 169 Å². The number of phosphoric acid groups is 1. The summed E-state index contributed by atoms with van der Waals surface area (Å²) >= 11 is 0. The molecule has 0 saturated heterocycles. The minimum absolute atomic E-state index is 0. The molecular weight excluding hydrogens is 324 g/mol. The first-order valence-electron chi connectivity index (χ1n) is 4.75. The van der Waals surface area contributed by atoms with Crippen molar-refractivity contribution in [2.75, 3.05) is 6.61 Å². The molecule has 0 bridgehead atoms. The summed E-state index contributed by atoms with van der Waals surface area (Å²) in [5, 5.41) is 8.42. The molecule has 5 nitrogen and oxygen atoms in total. The minimum Gasteiger partial charge on any atom is -0.822 e. The third-order valence-electron chi connectivity index (χ3n) is 1.51. The van der Waals surface area contributed by atoms with Gasteiger partial charge in [-0.15, -0.1) is 0 Å². The Labute approximate surface area is 232 Å². The van der Waals surface area contributed by atoms with Crippen LogP contribution in [0.2, 0.25) is 0 Å². The summed E-state index contributed by atoms with van der Waals surface area (Å²) in [5.41, 5.74) is 0. The Bertz CT molecular complexity index is 142. The number of rotatable bonds is 6. The van der Waals surface area contributed by atoms with E-state index < -0.39 is 7.82 Å². The first kappa shape index (κ1) is 33.6. The fourth-order valence-corrected chi connectivity index (χ4v) is 0.892. The maximum atomic E-state index is 8.55. The molecule has 0 aliphatic rings. The van der Waals surface area contributed by atoms with E-state index in [2.05, 4.69) is 6.92 Å². The van der Waals surface area contributed by atoms with Crippen molar-refractivity contribution in [3.8, 4) is 0 Å². The number of hydrogen-bond donors (Lipinski definition) is 1. The number of aliphatic hydroxyl groups is 1. The van der Waals surface area contributed by atoms with E-state index in [1.807, 2.05) is 0 Å². The topological polar surface area (TPSA) is 106 Å². The SMILES string of the molecule is CCCCCCCCO.O=P([O-])([O-])[O-].[K+].[K+].[K+]. The van der Waals surface area contributed by atoms with Crippen molar-refractivity contribution in [1.82, 2.24) is 0 Å². The van der Waals surface area contributed by atoms with Gasteiger partial charge in [0.15, 0.2) is 0 Å². The van der Waals surface area contributed by atoms with Crippen molar-refractivity contribution < 1.29 is 179 Å². The van der Waals surface area contributed by atoms with Crippen LogP contribution in [-0.4, -0.2) is 11.7 Å². The summed E-state index contributed by atoms with van der Waals surface area (Å²) < 4.78 is 8.55. The molecule has 0 amide bonds. The molecule has 0 spiro atoms. The van der Waals surface area contributed by atoms with E-state index >= 15 is 0 Å². The van der Waals surface area contributed by atoms with E-state index in [1.165, 1.54) is 32.1 Å². The van der Waals surface area contributed by atoms with E-state index in [-0.39, 0.29) is 154 Å². The average molecular weight is 342 g/mol. The molecule has 0 fully saturated rings. The predicted octanol–water partition coefficient (Wildman–Crippen LogP) is -9.47. The van der Waals surface area contributed by atoms with Gasteiger partial charge >= 0.3 is 154 Å². The molecule has 1 N–H and O–H groups in total. The third-order valence-corrected chi connectivity index (χ3v) is 1.51. The van der Waals surface area contributed by atoms with Gasteiger partial charge in [0.25, 0.3) is 0 Å². The van der Waals surface area contributed by atoms with Gasteiger partial charge in [0.1, 0.15) is 0 Å². The fourth-order valence-electron chi connectivity index (χ4n) is 0.892. The van der Waals surface area contributed by atoms with E-state index in [9.17, 15) is 0 Å². The smallest absolute Gasteiger partial charge is 0.822 e. The van der Waals surface area contributed by atoms with E-state index in [0.29, 0.717) is 6.61 Å². The third kappa shape index (κ3) is 62.7. The Balaban J connectivity index is -0.0000000533. The van der Waals surface area contributed by atoms with Gasteiger partial charge in [0.2, 0.25) is 0 Å². The standard InChI is InChI=1S/C8H18O.3K.H3O4P/c1-2-3-4-5-6-7-8-9;;;;1-5(2,3)4/h9H,2-8H2,1H3;;;;(H3,1,2,3,4)/q;3*+1;/p-3. The van der Waals surface area contributed by atoms with Gasteiger partial charge in [0, 0.05) is 6.61 Å². The summed E-state index contributed by atoms with van der Waals surface area (Å²) in [6.07, 6.45) is 7.50. The van der Waals surface area contributed by atoms with Gasteiger partial charge in [-0.2, -0.15) is 7.82 Å². The first-order valence-corrected chi connectivity index (χ1v) is 6.21. The molecule has 0 atom stereocenters. The first-order chi connectivity index (χ1) is 6.41. The zero-order valence-electron chi connectivity index (χ0n) is 11.5. The summed E-state index contributed by atoms with van der Waals surface area (Å²) in [5.74, 6) is 0. The number of aliphatic hydroxyl groups excluding tert-OH is 1. The van der Waals surface area contributed by atoms with E-state index in [0.717, 1.165) is 6.42 Å². The summed E-state index contributed by atoms with van der Waals surface area (Å²) in [6.45, 7) is 2.58. The van der Waals surface area contributed by atoms with E-state index in [1.54, 1.807) is 0 Å². The molecule has 0 rings (SSSR count). The second kappa shape index (κ2) is 25.9. The molecule has 0 aliphatic heterocycles. The zero-order chi connectivity index (χ0) is 11.4. The molecule has 0 radical (unpaired) electrons. The molecular formula is C8H18K3O5P. The summed E-state index contributed by atoms with van der Waals surface area (Å²) in [6, 6.07) is 0. The second-order valence-corrected chi connectivity index (χ2v) is 3.83. The van der Waals surface area contributed by atoms with Crippen molar-refractivity contribution in [2.24, 2.45) is 0 Å². The largest absolute Gasteiger partial charge is 1.00 e. The van der Waals surface area contributed by atoms with Gasteiger partial charge < -0.3 is 24.4 Å². The summed E-state index contributed by atoms with van der Waals surface area (Å²) in [7, 11) is -5.39. The summed E-state index contributed by atoms with van der Waals surface area (Å²) in [4.78, 5) is 25.6. The second-order valence-electron chi connectivity index (χ2n) is 2.94. The maximum Gasteiger partial charge on any atom is 1.00 e. The van der Waals surface area contributed by atoms with Gasteiger partial charge in [-0.1, -0.05) is 39.0 Å². The van der Waals surface area contributed by atoms with Crippen molar-refractivity contribution in [3.63, 3.8) is 0 Å². The quantitative estimate of drug-likeness (QED) is 0.293. The average Bonchev–Trinajstić information content (AvgIpc) is 2.01. The fraction of sp³-hybridized carbons (Fsp3) is 1.00. The Morgan fingerprint density at radius 3 is 1.47 bits per heavy atom. The normalized spacial score (nSPS) is 8.76. The van der Waals surface area contributed by atoms with Crippen molar-refractivity contribution in [2.45, 2.75) is 45.4 Å². The van der Waals surface area contributed by atoms with Gasteiger partial charge in [-0.3, -0.25) is 0 Å². The molecule has 0 saturated carbocycles. The minimum atomic E-state index is -5.39. The maximum absolute atomic E-state index is 8.55. The van der Waals surface area contributed by atoms with E-state index in [4.69, 9.17) is 24.4 Å². The molecule has 9 heteroatoms. The van der Waals surface area contributed by atoms with Crippen molar-refractivity contribution in [3.05, 3.63) is 0 Å². The molecule has 0 heterocycles. The van der Waals surface area contributed by atoms with Crippen molar-refractivity contribution in [1.29, 1.82) is 0 Å². The number of unbranched alkanes of at least 4 members (excludes halogenated alkanes) is 5. The zero-order valence-corrected chi connectivity index (χ0v) is 21.7. The molecule has 0 aromatic heterocycles. The Hall–Kier alpha value is 4.98. The Kier molecular flexibility index (Phi) is 51.1. The van der Waals surface area contributed by atoms with Crippen LogP contribution >= 0.6 is 7.82 Å². The molecule has 0 aliphatic carbocycles. The molecule has 0 aromatic carbocycles. The molecule has 17 heavy (non-hydrogen) atoms. The van der Waals surface area contributed by atoms with Crippen LogP contribution in [0.1, 0.15) is 45.4 Å².